The van der Waals surface area contributed by atoms with E-state index >= 15 is 0 Å². The van der Waals surface area contributed by atoms with Crippen molar-refractivity contribution in [1.29, 1.82) is 0 Å². The van der Waals surface area contributed by atoms with Crippen LogP contribution in [0.4, 0.5) is 4.79 Å². The number of pyridine rings is 1. The zero-order valence-corrected chi connectivity index (χ0v) is 12.4. The molecule has 6 heteroatoms. The second-order valence-electron chi connectivity index (χ2n) is 5.40. The molecule has 1 saturated heterocycles. The van der Waals surface area contributed by atoms with E-state index in [2.05, 4.69) is 24.1 Å². The van der Waals surface area contributed by atoms with Gasteiger partial charge in [0.1, 0.15) is 0 Å². The van der Waals surface area contributed by atoms with E-state index in [0.717, 1.165) is 19.3 Å². The first-order valence-electron chi connectivity index (χ1n) is 7.27. The Morgan fingerprint density at radius 2 is 2.24 bits per heavy atom. The van der Waals surface area contributed by atoms with Crippen LogP contribution in [-0.2, 0) is 6.54 Å². The van der Waals surface area contributed by atoms with Gasteiger partial charge in [-0.1, -0.05) is 6.92 Å². The van der Waals surface area contributed by atoms with E-state index in [9.17, 15) is 9.59 Å². The van der Waals surface area contributed by atoms with E-state index in [-0.39, 0.29) is 24.2 Å². The number of aromatic carboxylic acids is 1. The highest BCUT2D eigenvalue weighted by atomic mass is 16.4. The number of urea groups is 1. The van der Waals surface area contributed by atoms with Gasteiger partial charge < -0.3 is 15.3 Å². The van der Waals surface area contributed by atoms with Crippen LogP contribution in [-0.4, -0.2) is 39.1 Å². The molecule has 1 fully saturated rings. The van der Waals surface area contributed by atoms with E-state index < -0.39 is 5.97 Å². The Kier molecular flexibility index (Phi) is 4.77. The van der Waals surface area contributed by atoms with E-state index in [0.29, 0.717) is 11.7 Å². The zero-order chi connectivity index (χ0) is 15.4. The normalized spacial score (nSPS) is 21.3. The first kappa shape index (κ1) is 15.3. The number of hydrogen-bond acceptors (Lipinski definition) is 3. The highest BCUT2D eigenvalue weighted by Gasteiger charge is 2.32. The molecule has 0 aliphatic carbocycles. The number of carbonyl (C=O) groups excluding carboxylic acids is 1. The quantitative estimate of drug-likeness (QED) is 0.891. The molecular formula is C15H21N3O3. The Hall–Kier alpha value is -2.11. The number of amides is 2. The van der Waals surface area contributed by atoms with E-state index in [1.807, 2.05) is 4.90 Å². The largest absolute Gasteiger partial charge is 0.478 e. The Bertz CT molecular complexity index is 533. The van der Waals surface area contributed by atoms with E-state index in [1.165, 1.54) is 18.3 Å². The third kappa shape index (κ3) is 3.51. The summed E-state index contributed by atoms with van der Waals surface area (Å²) in [6.45, 7) is 4.37. The monoisotopic (exact) mass is 291 g/mol. The minimum Gasteiger partial charge on any atom is -0.478 e. The molecule has 2 heterocycles. The highest BCUT2D eigenvalue weighted by molar-refractivity contribution is 5.87. The number of rotatable bonds is 4. The third-order valence-corrected chi connectivity index (χ3v) is 3.98. The predicted octanol–water partition coefficient (Wildman–Crippen LogP) is 2.25. The standard InChI is InChI=1S/C15H21N3O3/c1-3-13-5-4-10(2)18(13)15(21)17-9-12-8-11(14(19)20)6-7-16-12/h6-8,10,13H,3-5,9H2,1-2H3,(H,17,21)(H,19,20). The Balaban J connectivity index is 1.97. The topological polar surface area (TPSA) is 82.5 Å². The summed E-state index contributed by atoms with van der Waals surface area (Å²) >= 11 is 0. The van der Waals surface area contributed by atoms with Crippen molar-refractivity contribution in [3.05, 3.63) is 29.6 Å². The maximum absolute atomic E-state index is 12.3. The lowest BCUT2D eigenvalue weighted by molar-refractivity contribution is 0.0696. The van der Waals surface area contributed by atoms with Crippen molar-refractivity contribution in [1.82, 2.24) is 15.2 Å². The molecule has 2 atom stereocenters. The molecule has 6 nitrogen and oxygen atoms in total. The number of hydrogen-bond donors (Lipinski definition) is 2. The molecule has 2 unspecified atom stereocenters. The van der Waals surface area contributed by atoms with Gasteiger partial charge in [-0.2, -0.15) is 0 Å². The molecule has 0 spiro atoms. The lowest BCUT2D eigenvalue weighted by atomic mass is 10.2. The number of nitrogens with zero attached hydrogens (tertiary/aromatic N) is 2. The van der Waals surface area contributed by atoms with Crippen molar-refractivity contribution < 1.29 is 14.7 Å². The van der Waals surface area contributed by atoms with Gasteiger partial charge in [0.05, 0.1) is 17.8 Å². The lowest BCUT2D eigenvalue weighted by Crippen LogP contribution is -2.45. The van der Waals surface area contributed by atoms with Gasteiger partial charge in [-0.3, -0.25) is 4.98 Å². The molecule has 0 radical (unpaired) electrons. The summed E-state index contributed by atoms with van der Waals surface area (Å²) in [5, 5.41) is 11.8. The van der Waals surface area contributed by atoms with Crippen molar-refractivity contribution in [2.75, 3.05) is 0 Å². The van der Waals surface area contributed by atoms with Crippen LogP contribution in [0.2, 0.25) is 0 Å². The number of carbonyl (C=O) groups is 2. The van der Waals surface area contributed by atoms with Gasteiger partial charge in [0.15, 0.2) is 0 Å². The van der Waals surface area contributed by atoms with Crippen molar-refractivity contribution in [3.63, 3.8) is 0 Å². The summed E-state index contributed by atoms with van der Waals surface area (Å²) < 4.78 is 0. The first-order valence-corrected chi connectivity index (χ1v) is 7.27. The van der Waals surface area contributed by atoms with Crippen molar-refractivity contribution in [2.24, 2.45) is 0 Å². The number of carboxylic acids is 1. The van der Waals surface area contributed by atoms with E-state index in [1.54, 1.807) is 0 Å². The van der Waals surface area contributed by atoms with Crippen LogP contribution < -0.4 is 5.32 Å². The van der Waals surface area contributed by atoms with Crippen LogP contribution in [0.25, 0.3) is 0 Å². The molecular weight excluding hydrogens is 270 g/mol. The van der Waals surface area contributed by atoms with Crippen LogP contribution >= 0.6 is 0 Å². The lowest BCUT2D eigenvalue weighted by Gasteiger charge is -2.28. The number of likely N-dealkylation sites (tertiary alicyclic amines) is 1. The van der Waals surface area contributed by atoms with Crippen LogP contribution in [0.3, 0.4) is 0 Å². The molecule has 1 aliphatic heterocycles. The van der Waals surface area contributed by atoms with Gasteiger partial charge in [-0.25, -0.2) is 9.59 Å². The molecule has 1 aliphatic rings. The molecule has 2 N–H and O–H groups in total. The summed E-state index contributed by atoms with van der Waals surface area (Å²) in [5.74, 6) is -0.996. The molecule has 1 aromatic rings. The van der Waals surface area contributed by atoms with Gasteiger partial charge in [0, 0.05) is 18.3 Å². The third-order valence-electron chi connectivity index (χ3n) is 3.98. The summed E-state index contributed by atoms with van der Waals surface area (Å²) in [4.78, 5) is 29.2. The second kappa shape index (κ2) is 6.56. The predicted molar refractivity (Wildman–Crippen MR) is 78.0 cm³/mol. The summed E-state index contributed by atoms with van der Waals surface area (Å²) in [7, 11) is 0. The Labute approximate surface area is 124 Å². The fourth-order valence-electron chi connectivity index (χ4n) is 2.80. The van der Waals surface area contributed by atoms with Crippen LogP contribution in [0, 0.1) is 0 Å². The number of aromatic nitrogens is 1. The van der Waals surface area contributed by atoms with Gasteiger partial charge in [0.2, 0.25) is 0 Å². The van der Waals surface area contributed by atoms with Gasteiger partial charge >= 0.3 is 12.0 Å². The minimum absolute atomic E-state index is 0.102. The summed E-state index contributed by atoms with van der Waals surface area (Å²) in [5.41, 5.74) is 0.721. The zero-order valence-electron chi connectivity index (χ0n) is 12.4. The van der Waals surface area contributed by atoms with E-state index in [4.69, 9.17) is 5.11 Å². The Morgan fingerprint density at radius 3 is 2.90 bits per heavy atom. The molecule has 1 aromatic heterocycles. The van der Waals surface area contributed by atoms with Crippen LogP contribution in [0.5, 0.6) is 0 Å². The molecule has 2 amide bonds. The number of nitrogens with one attached hydrogen (secondary N) is 1. The highest BCUT2D eigenvalue weighted by Crippen LogP contribution is 2.25. The molecule has 114 valence electrons. The number of carboxylic acid groups (broad SMARTS) is 1. The smallest absolute Gasteiger partial charge is 0.335 e. The molecule has 0 saturated carbocycles. The van der Waals surface area contributed by atoms with Crippen LogP contribution in [0.15, 0.2) is 18.3 Å². The van der Waals surface area contributed by atoms with Crippen molar-refractivity contribution in [3.8, 4) is 0 Å². The second-order valence-corrected chi connectivity index (χ2v) is 5.40. The summed E-state index contributed by atoms with van der Waals surface area (Å²) in [6, 6.07) is 3.34. The SMILES string of the molecule is CCC1CCC(C)N1C(=O)NCc1cc(C(=O)O)ccn1. The maximum Gasteiger partial charge on any atom is 0.335 e. The average Bonchev–Trinajstić information content (AvgIpc) is 2.86. The Morgan fingerprint density at radius 1 is 1.48 bits per heavy atom. The molecule has 0 bridgehead atoms. The fraction of sp³-hybridized carbons (Fsp3) is 0.533. The van der Waals surface area contributed by atoms with Gasteiger partial charge in [0.25, 0.3) is 0 Å². The van der Waals surface area contributed by atoms with Crippen molar-refractivity contribution >= 4 is 12.0 Å². The molecule has 2 rings (SSSR count). The van der Waals surface area contributed by atoms with Gasteiger partial charge in [-0.05, 0) is 38.3 Å². The maximum atomic E-state index is 12.3. The first-order chi connectivity index (χ1) is 10.0. The van der Waals surface area contributed by atoms with Gasteiger partial charge in [-0.15, -0.1) is 0 Å². The molecule has 0 aromatic carbocycles. The fourth-order valence-corrected chi connectivity index (χ4v) is 2.80. The van der Waals surface area contributed by atoms with Crippen LogP contribution in [0.1, 0.15) is 49.2 Å². The molecule has 21 heavy (non-hydrogen) atoms. The average molecular weight is 291 g/mol. The summed E-state index contributed by atoms with van der Waals surface area (Å²) in [6.07, 6.45) is 4.46. The minimum atomic E-state index is -0.996. The van der Waals surface area contributed by atoms with Crippen molar-refractivity contribution in [2.45, 2.75) is 51.7 Å².